The van der Waals surface area contributed by atoms with Crippen molar-refractivity contribution in [2.75, 3.05) is 5.32 Å². The summed E-state index contributed by atoms with van der Waals surface area (Å²) in [4.78, 5) is 23.9. The van der Waals surface area contributed by atoms with Gasteiger partial charge < -0.3 is 10.6 Å². The Morgan fingerprint density at radius 1 is 1.08 bits per heavy atom. The molecule has 2 amide bonds. The van der Waals surface area contributed by atoms with Crippen molar-refractivity contribution in [1.29, 1.82) is 0 Å². The van der Waals surface area contributed by atoms with Crippen molar-refractivity contribution in [3.05, 3.63) is 65.5 Å². The molecule has 1 aliphatic carbocycles. The number of nitrogens with one attached hydrogen (secondary N) is 2. The quantitative estimate of drug-likeness (QED) is 0.875. The van der Waals surface area contributed by atoms with Gasteiger partial charge >= 0.3 is 0 Å². The van der Waals surface area contributed by atoms with Crippen LogP contribution in [0.15, 0.2) is 48.5 Å². The van der Waals surface area contributed by atoms with Crippen molar-refractivity contribution in [3.8, 4) is 0 Å². The molecule has 0 unspecified atom stereocenters. The van der Waals surface area contributed by atoms with Crippen LogP contribution < -0.4 is 10.6 Å². The molecule has 5 heteroatoms. The first-order valence-electron chi connectivity index (χ1n) is 8.42. The SMILES string of the molecule is CC(=O)Nc1ccccc1CC(=O)NC1(c2ccccc2F)CCC1. The van der Waals surface area contributed by atoms with E-state index in [1.54, 1.807) is 36.4 Å². The highest BCUT2D eigenvalue weighted by atomic mass is 19.1. The lowest BCUT2D eigenvalue weighted by Gasteiger charge is -2.43. The predicted molar refractivity (Wildman–Crippen MR) is 94.5 cm³/mol. The Balaban J connectivity index is 1.76. The van der Waals surface area contributed by atoms with Gasteiger partial charge in [-0.1, -0.05) is 36.4 Å². The number of amides is 2. The highest BCUT2D eigenvalue weighted by Gasteiger charge is 2.41. The second-order valence-corrected chi connectivity index (χ2v) is 6.48. The summed E-state index contributed by atoms with van der Waals surface area (Å²) in [5.74, 6) is -0.656. The zero-order valence-electron chi connectivity index (χ0n) is 14.1. The predicted octanol–water partition coefficient (Wildman–Crippen LogP) is 3.52. The summed E-state index contributed by atoms with van der Waals surface area (Å²) >= 11 is 0. The van der Waals surface area contributed by atoms with Gasteiger partial charge in [0.2, 0.25) is 11.8 Å². The first-order chi connectivity index (χ1) is 12.0. The molecule has 2 aromatic carbocycles. The lowest BCUT2D eigenvalue weighted by atomic mass is 9.71. The fraction of sp³-hybridized carbons (Fsp3) is 0.300. The summed E-state index contributed by atoms with van der Waals surface area (Å²) in [6.45, 7) is 1.43. The fourth-order valence-electron chi connectivity index (χ4n) is 3.31. The number of carbonyl (C=O) groups is 2. The second kappa shape index (κ2) is 7.05. The lowest BCUT2D eigenvalue weighted by Crippen LogP contribution is -2.51. The number of halogens is 1. The van der Waals surface area contributed by atoms with E-state index in [4.69, 9.17) is 0 Å². The number of hydrogen-bond donors (Lipinski definition) is 2. The normalized spacial score (nSPS) is 15.1. The van der Waals surface area contributed by atoms with E-state index < -0.39 is 5.54 Å². The molecule has 0 aromatic heterocycles. The molecular formula is C20H21FN2O2. The number of anilines is 1. The molecule has 25 heavy (non-hydrogen) atoms. The van der Waals surface area contributed by atoms with Crippen molar-refractivity contribution in [2.24, 2.45) is 0 Å². The van der Waals surface area contributed by atoms with Gasteiger partial charge in [-0.2, -0.15) is 0 Å². The third kappa shape index (κ3) is 3.71. The molecular weight excluding hydrogens is 319 g/mol. The Morgan fingerprint density at radius 3 is 2.40 bits per heavy atom. The standard InChI is InChI=1S/C20H21FN2O2/c1-14(24)22-18-10-5-2-7-15(18)13-19(25)23-20(11-6-12-20)16-8-3-4-9-17(16)21/h2-5,7-10H,6,11-13H2,1H3,(H,22,24)(H,23,25). The molecule has 0 spiro atoms. The largest absolute Gasteiger partial charge is 0.346 e. The smallest absolute Gasteiger partial charge is 0.225 e. The van der Waals surface area contributed by atoms with Gasteiger partial charge in [-0.05, 0) is 37.0 Å². The van der Waals surface area contributed by atoms with E-state index in [9.17, 15) is 14.0 Å². The molecule has 2 N–H and O–H groups in total. The van der Waals surface area contributed by atoms with Gasteiger partial charge in [0.15, 0.2) is 0 Å². The van der Waals surface area contributed by atoms with Crippen molar-refractivity contribution >= 4 is 17.5 Å². The number of carbonyl (C=O) groups excluding carboxylic acids is 2. The summed E-state index contributed by atoms with van der Waals surface area (Å²) in [6, 6.07) is 13.8. The number of hydrogen-bond acceptors (Lipinski definition) is 2. The van der Waals surface area contributed by atoms with E-state index in [0.29, 0.717) is 11.3 Å². The van der Waals surface area contributed by atoms with Gasteiger partial charge in [-0.3, -0.25) is 9.59 Å². The van der Waals surface area contributed by atoms with Crippen LogP contribution in [0.4, 0.5) is 10.1 Å². The number of benzene rings is 2. The van der Waals surface area contributed by atoms with Crippen LogP contribution in [-0.2, 0) is 21.5 Å². The summed E-state index contributed by atoms with van der Waals surface area (Å²) in [5.41, 5.74) is 1.28. The Labute approximate surface area is 146 Å². The summed E-state index contributed by atoms with van der Waals surface area (Å²) in [6.07, 6.45) is 2.55. The first kappa shape index (κ1) is 17.1. The maximum Gasteiger partial charge on any atom is 0.225 e. The minimum absolute atomic E-state index is 0.132. The Kier molecular flexibility index (Phi) is 4.83. The minimum Gasteiger partial charge on any atom is -0.346 e. The Hall–Kier alpha value is -2.69. The van der Waals surface area contributed by atoms with Crippen LogP contribution in [0.1, 0.15) is 37.3 Å². The summed E-state index contributed by atoms with van der Waals surface area (Å²) in [7, 11) is 0. The van der Waals surface area contributed by atoms with Gasteiger partial charge in [0, 0.05) is 18.2 Å². The van der Waals surface area contributed by atoms with Gasteiger partial charge in [0.1, 0.15) is 5.82 Å². The van der Waals surface area contributed by atoms with Crippen LogP contribution in [0.2, 0.25) is 0 Å². The number of rotatable bonds is 5. The van der Waals surface area contributed by atoms with Gasteiger partial charge in [0.25, 0.3) is 0 Å². The third-order valence-electron chi connectivity index (χ3n) is 4.65. The maximum atomic E-state index is 14.2. The molecule has 0 aliphatic heterocycles. The zero-order valence-corrected chi connectivity index (χ0v) is 14.1. The average Bonchev–Trinajstić information content (AvgIpc) is 2.53. The highest BCUT2D eigenvalue weighted by molar-refractivity contribution is 5.91. The average molecular weight is 340 g/mol. The van der Waals surface area contributed by atoms with E-state index in [-0.39, 0.29) is 24.1 Å². The molecule has 2 aromatic rings. The van der Waals surface area contributed by atoms with Crippen LogP contribution in [-0.4, -0.2) is 11.8 Å². The molecule has 0 atom stereocenters. The van der Waals surface area contributed by atoms with Gasteiger partial charge in [-0.15, -0.1) is 0 Å². The van der Waals surface area contributed by atoms with Crippen molar-refractivity contribution in [3.63, 3.8) is 0 Å². The topological polar surface area (TPSA) is 58.2 Å². The highest BCUT2D eigenvalue weighted by Crippen LogP contribution is 2.42. The lowest BCUT2D eigenvalue weighted by molar-refractivity contribution is -0.123. The third-order valence-corrected chi connectivity index (χ3v) is 4.65. The van der Waals surface area contributed by atoms with E-state index in [1.165, 1.54) is 13.0 Å². The van der Waals surface area contributed by atoms with Gasteiger partial charge in [-0.25, -0.2) is 4.39 Å². The zero-order chi connectivity index (χ0) is 17.9. The van der Waals surface area contributed by atoms with Crippen molar-refractivity contribution in [1.82, 2.24) is 5.32 Å². The molecule has 1 fully saturated rings. The van der Waals surface area contributed by atoms with E-state index >= 15 is 0 Å². The van der Waals surface area contributed by atoms with Gasteiger partial charge in [0.05, 0.1) is 12.0 Å². The molecule has 130 valence electrons. The minimum atomic E-state index is -0.620. The monoisotopic (exact) mass is 340 g/mol. The Bertz CT molecular complexity index is 800. The summed E-state index contributed by atoms with van der Waals surface area (Å²) < 4.78 is 14.2. The van der Waals surface area contributed by atoms with Crippen LogP contribution in [0.3, 0.4) is 0 Å². The Morgan fingerprint density at radius 2 is 1.76 bits per heavy atom. The van der Waals surface area contributed by atoms with Crippen LogP contribution in [0.25, 0.3) is 0 Å². The molecule has 0 saturated heterocycles. The molecule has 4 nitrogen and oxygen atoms in total. The van der Waals surface area contributed by atoms with Crippen molar-refractivity contribution in [2.45, 2.75) is 38.1 Å². The fourth-order valence-corrected chi connectivity index (χ4v) is 3.31. The number of para-hydroxylation sites is 1. The van der Waals surface area contributed by atoms with E-state index in [0.717, 1.165) is 24.8 Å². The molecule has 0 heterocycles. The first-order valence-corrected chi connectivity index (χ1v) is 8.42. The molecule has 1 aliphatic rings. The van der Waals surface area contributed by atoms with Crippen LogP contribution >= 0.6 is 0 Å². The van der Waals surface area contributed by atoms with Crippen LogP contribution in [0.5, 0.6) is 0 Å². The van der Waals surface area contributed by atoms with Crippen LogP contribution in [0, 0.1) is 5.82 Å². The maximum absolute atomic E-state index is 14.2. The van der Waals surface area contributed by atoms with Crippen molar-refractivity contribution < 1.29 is 14.0 Å². The molecule has 0 bridgehead atoms. The second-order valence-electron chi connectivity index (χ2n) is 6.48. The molecule has 0 radical (unpaired) electrons. The van der Waals surface area contributed by atoms with E-state index in [1.807, 2.05) is 6.07 Å². The summed E-state index contributed by atoms with van der Waals surface area (Å²) in [5, 5.41) is 5.76. The molecule has 1 saturated carbocycles. The van der Waals surface area contributed by atoms with E-state index in [2.05, 4.69) is 10.6 Å². The molecule has 3 rings (SSSR count).